The molecule has 3 saturated carbocycles. The van der Waals surface area contributed by atoms with Gasteiger partial charge in [-0.1, -0.05) is 12.5 Å². The molecule has 7 rings (SSSR count). The van der Waals surface area contributed by atoms with Crippen LogP contribution in [0.4, 0.5) is 0 Å². The lowest BCUT2D eigenvalue weighted by molar-refractivity contribution is -0.159. The number of carboxylic acid groups (broad SMARTS) is 1. The summed E-state index contributed by atoms with van der Waals surface area (Å²) in [4.78, 5) is 79.7. The van der Waals surface area contributed by atoms with Crippen LogP contribution in [0.3, 0.4) is 0 Å². The Bertz CT molecular complexity index is 1890. The maximum atomic E-state index is 13.7. The van der Waals surface area contributed by atoms with Crippen molar-refractivity contribution in [3.8, 4) is 0 Å². The highest BCUT2D eigenvalue weighted by atomic mass is 16.6. The fraction of sp³-hybridized carbons (Fsp3) is 0.733. The van der Waals surface area contributed by atoms with Crippen LogP contribution in [0.2, 0.25) is 0 Å². The number of methoxy groups -OCH3 is 2. The second-order valence-corrected chi connectivity index (χ2v) is 20.0. The van der Waals surface area contributed by atoms with Crippen LogP contribution in [0, 0.1) is 71.0 Å². The number of esters is 5. The van der Waals surface area contributed by atoms with Gasteiger partial charge in [-0.15, -0.1) is 0 Å². The number of hydrogen-bond acceptors (Lipinski definition) is 12. The zero-order valence-corrected chi connectivity index (χ0v) is 35.4. The van der Waals surface area contributed by atoms with Crippen molar-refractivity contribution in [1.29, 1.82) is 0 Å². The molecule has 7 aliphatic rings. The van der Waals surface area contributed by atoms with Gasteiger partial charge in [0, 0.05) is 7.11 Å². The number of fused-ring (bicyclic) bond motifs is 6. The average molecular weight is 809 g/mol. The number of carbonyl (C=O) groups excluding carboxylic acids is 5. The van der Waals surface area contributed by atoms with E-state index in [2.05, 4.69) is 6.92 Å². The third-order valence-corrected chi connectivity index (χ3v) is 14.4. The number of allylic oxidation sites excluding steroid dienone is 5. The number of aliphatic hydroxyl groups is 1. The summed E-state index contributed by atoms with van der Waals surface area (Å²) in [6.07, 6.45) is 1.60. The summed E-state index contributed by atoms with van der Waals surface area (Å²) in [5.41, 5.74) is 4.23. The van der Waals surface area contributed by atoms with Crippen LogP contribution in [-0.4, -0.2) is 83.7 Å². The van der Waals surface area contributed by atoms with Gasteiger partial charge in [0.2, 0.25) is 0 Å². The molecule has 14 unspecified atom stereocenters. The minimum atomic E-state index is -1.14. The molecule has 0 radical (unpaired) electrons. The maximum Gasteiger partial charge on any atom is 0.321 e. The number of cyclic esters (lactones) is 2. The number of ether oxygens (including phenoxy) is 5. The van der Waals surface area contributed by atoms with Crippen LogP contribution < -0.4 is 0 Å². The Labute approximate surface area is 340 Å². The Morgan fingerprint density at radius 1 is 0.724 bits per heavy atom. The molecule has 2 N–H and O–H groups in total. The Hall–Kier alpha value is -3.84. The van der Waals surface area contributed by atoms with Gasteiger partial charge in [0.1, 0.15) is 11.2 Å². The topological polar surface area (TPSA) is 189 Å². The van der Waals surface area contributed by atoms with Crippen LogP contribution in [0.15, 0.2) is 33.4 Å². The van der Waals surface area contributed by atoms with Crippen molar-refractivity contribution >= 4 is 35.8 Å². The van der Waals surface area contributed by atoms with Gasteiger partial charge < -0.3 is 33.9 Å². The van der Waals surface area contributed by atoms with Crippen molar-refractivity contribution in [2.24, 2.45) is 71.0 Å². The first-order valence-corrected chi connectivity index (χ1v) is 21.0. The summed E-state index contributed by atoms with van der Waals surface area (Å²) in [6.45, 7) is 14.6. The van der Waals surface area contributed by atoms with Gasteiger partial charge in [0.05, 0.1) is 55.8 Å². The predicted molar refractivity (Wildman–Crippen MR) is 206 cm³/mol. The predicted octanol–water partition coefficient (Wildman–Crippen LogP) is 5.52. The van der Waals surface area contributed by atoms with Crippen LogP contribution in [-0.2, 0) is 52.5 Å². The molecule has 1 heterocycles. The number of aliphatic hydroxyl groups excluding tert-OH is 1. The quantitative estimate of drug-likeness (QED) is 0.143. The smallest absolute Gasteiger partial charge is 0.321 e. The summed E-state index contributed by atoms with van der Waals surface area (Å²) in [5, 5.41) is 22.5. The van der Waals surface area contributed by atoms with E-state index >= 15 is 0 Å². The van der Waals surface area contributed by atoms with E-state index in [0.717, 1.165) is 29.6 Å². The summed E-state index contributed by atoms with van der Waals surface area (Å²) in [7, 11) is 2.80. The van der Waals surface area contributed by atoms with E-state index in [1.165, 1.54) is 12.7 Å². The van der Waals surface area contributed by atoms with Gasteiger partial charge in [0.15, 0.2) is 0 Å². The van der Waals surface area contributed by atoms with E-state index in [9.17, 15) is 39.0 Å². The lowest BCUT2D eigenvalue weighted by Gasteiger charge is -2.40. The minimum Gasteiger partial charge on any atom is -0.481 e. The first-order chi connectivity index (χ1) is 27.1. The fourth-order valence-electron chi connectivity index (χ4n) is 12.6. The largest absolute Gasteiger partial charge is 0.481 e. The summed E-state index contributed by atoms with van der Waals surface area (Å²) in [6, 6.07) is 0. The number of carbonyl (C=O) groups is 6. The lowest BCUT2D eigenvalue weighted by Crippen LogP contribution is -2.41. The average Bonchev–Trinajstić information content (AvgIpc) is 3.97. The van der Waals surface area contributed by atoms with Gasteiger partial charge in [-0.05, 0) is 156 Å². The molecule has 1 aliphatic heterocycles. The molecule has 58 heavy (non-hydrogen) atoms. The fourth-order valence-corrected chi connectivity index (χ4v) is 12.6. The summed E-state index contributed by atoms with van der Waals surface area (Å²) in [5.74, 6) is -9.98. The van der Waals surface area contributed by atoms with Crippen LogP contribution in [0.1, 0.15) is 100 Å². The molecule has 13 heteroatoms. The Morgan fingerprint density at radius 2 is 1.31 bits per heavy atom. The molecule has 14 atom stereocenters. The van der Waals surface area contributed by atoms with E-state index in [0.29, 0.717) is 24.0 Å². The Kier molecular flexibility index (Phi) is 10.9. The van der Waals surface area contributed by atoms with Crippen molar-refractivity contribution < 1.29 is 62.7 Å². The van der Waals surface area contributed by atoms with Crippen molar-refractivity contribution in [3.63, 3.8) is 0 Å². The number of aliphatic carboxylic acids is 1. The Morgan fingerprint density at radius 3 is 1.84 bits per heavy atom. The first-order valence-electron chi connectivity index (χ1n) is 21.0. The summed E-state index contributed by atoms with van der Waals surface area (Å²) >= 11 is 0. The van der Waals surface area contributed by atoms with Crippen molar-refractivity contribution in [3.05, 3.63) is 33.4 Å². The molecule has 1 saturated heterocycles. The molecule has 13 nitrogen and oxygen atoms in total. The normalized spacial score (nSPS) is 36.3. The zero-order chi connectivity index (χ0) is 42.5. The van der Waals surface area contributed by atoms with E-state index < -0.39 is 94.7 Å². The highest BCUT2D eigenvalue weighted by Gasteiger charge is 2.65. The second-order valence-electron chi connectivity index (χ2n) is 20.0. The number of rotatable bonds is 12. The van der Waals surface area contributed by atoms with Crippen LogP contribution in [0.5, 0.6) is 0 Å². The van der Waals surface area contributed by atoms with Crippen LogP contribution in [0.25, 0.3) is 0 Å². The highest BCUT2D eigenvalue weighted by molar-refractivity contribution is 5.99. The van der Waals surface area contributed by atoms with Gasteiger partial charge in [-0.3, -0.25) is 28.8 Å². The van der Waals surface area contributed by atoms with E-state index in [4.69, 9.17) is 23.7 Å². The van der Waals surface area contributed by atoms with E-state index in [1.807, 2.05) is 20.8 Å². The van der Waals surface area contributed by atoms with Gasteiger partial charge in [-0.2, -0.15) is 0 Å². The molecular weight excluding hydrogens is 748 g/mol. The van der Waals surface area contributed by atoms with Crippen molar-refractivity contribution in [2.45, 2.75) is 124 Å². The zero-order valence-electron chi connectivity index (χ0n) is 35.4. The molecule has 4 fully saturated rings. The minimum absolute atomic E-state index is 0.0102. The van der Waals surface area contributed by atoms with Crippen LogP contribution >= 0.6 is 0 Å². The molecule has 6 aliphatic carbocycles. The van der Waals surface area contributed by atoms with E-state index in [-0.39, 0.29) is 54.8 Å². The third-order valence-electron chi connectivity index (χ3n) is 14.4. The molecule has 0 aromatic carbocycles. The summed E-state index contributed by atoms with van der Waals surface area (Å²) < 4.78 is 27.8. The Balaban J connectivity index is 1.40. The molecule has 6 bridgehead atoms. The number of carboxylic acids is 1. The van der Waals surface area contributed by atoms with Crippen molar-refractivity contribution in [2.75, 3.05) is 14.2 Å². The number of hydrogen-bond donors (Lipinski definition) is 2. The SMILES string of the molecule is COC(=O)C1C2CC(C(C3=C(C4=C(C)C5CC4C(C(O)CC(=O)OC(C)(C)C)C5)C4CC3C(C(CC(=O)OC(C)(C)C)OC)C4)=C2C2C(=O)OC(=O)C2C)C1C(=O)O. The molecule has 0 amide bonds. The molecule has 0 aromatic rings. The lowest BCUT2D eigenvalue weighted by atomic mass is 9.64. The second kappa shape index (κ2) is 15.0. The molecule has 318 valence electrons. The highest BCUT2D eigenvalue weighted by Crippen LogP contribution is 2.69. The standard InChI is InChI=1S/C45H60O13/c1-18-20-11-22(28(46)16-30(47)57-44(3,4)5)24(12-20)32(18)34-21-13-23(29(54-9)17-31(48)58-45(6,7)8)25(14-21)35(34)37-26-15-27(39(42(52)55-10)38(26)40(49)50)36(37)33-19(2)41(51)56-43(33)53/h19-29,33,38-39,46H,11-17H2,1-10H3,(H,49,50). The van der Waals surface area contributed by atoms with E-state index in [1.54, 1.807) is 34.8 Å². The van der Waals surface area contributed by atoms with Crippen molar-refractivity contribution in [1.82, 2.24) is 0 Å². The third kappa shape index (κ3) is 7.15. The van der Waals surface area contributed by atoms with Gasteiger partial charge in [-0.25, -0.2) is 0 Å². The van der Waals surface area contributed by atoms with Gasteiger partial charge >= 0.3 is 35.8 Å². The van der Waals surface area contributed by atoms with Gasteiger partial charge in [0.25, 0.3) is 0 Å². The first kappa shape index (κ1) is 42.3. The molecule has 0 aromatic heterocycles. The molecule has 0 spiro atoms. The maximum absolute atomic E-state index is 13.7. The molecular formula is C45H60O13. The monoisotopic (exact) mass is 808 g/mol.